The molecular weight excluding hydrogens is 208 g/mol. The zero-order valence-corrected chi connectivity index (χ0v) is 10.4. The van der Waals surface area contributed by atoms with Gasteiger partial charge >= 0.3 is 0 Å². The molecule has 1 aliphatic heterocycles. The summed E-state index contributed by atoms with van der Waals surface area (Å²) < 4.78 is 0. The summed E-state index contributed by atoms with van der Waals surface area (Å²) in [7, 11) is 0. The summed E-state index contributed by atoms with van der Waals surface area (Å²) in [6, 6.07) is 9.27. The molecule has 1 fully saturated rings. The Morgan fingerprint density at radius 2 is 2.06 bits per heavy atom. The Labute approximate surface area is 104 Å². The first kappa shape index (κ1) is 11.2. The molecule has 1 saturated carbocycles. The molecule has 1 unspecified atom stereocenters. The van der Waals surface area contributed by atoms with E-state index in [-0.39, 0.29) is 0 Å². The van der Waals surface area contributed by atoms with Crippen LogP contribution in [0.3, 0.4) is 0 Å². The second-order valence-electron chi connectivity index (χ2n) is 5.47. The van der Waals surface area contributed by atoms with Crippen molar-refractivity contribution in [2.24, 2.45) is 11.7 Å². The van der Waals surface area contributed by atoms with Gasteiger partial charge in [0.1, 0.15) is 0 Å². The van der Waals surface area contributed by atoms with E-state index in [1.54, 1.807) is 0 Å². The summed E-state index contributed by atoms with van der Waals surface area (Å²) in [5.74, 6) is 1.02. The normalized spacial score (nSPS) is 24.6. The van der Waals surface area contributed by atoms with Gasteiger partial charge in [-0.25, -0.2) is 0 Å². The van der Waals surface area contributed by atoms with E-state index in [1.165, 1.54) is 49.9 Å². The lowest BCUT2D eigenvalue weighted by Crippen LogP contribution is -2.39. The van der Waals surface area contributed by atoms with Crippen LogP contribution in [0.15, 0.2) is 24.3 Å². The lowest BCUT2D eigenvalue weighted by molar-refractivity contribution is 0.184. The molecule has 17 heavy (non-hydrogen) atoms. The van der Waals surface area contributed by atoms with E-state index < -0.39 is 0 Å². The van der Waals surface area contributed by atoms with Gasteiger partial charge in [0, 0.05) is 19.1 Å². The fourth-order valence-electron chi connectivity index (χ4n) is 3.00. The van der Waals surface area contributed by atoms with Crippen molar-refractivity contribution in [1.82, 2.24) is 4.90 Å². The van der Waals surface area contributed by atoms with Gasteiger partial charge in [-0.2, -0.15) is 0 Å². The van der Waals surface area contributed by atoms with Crippen LogP contribution in [-0.2, 0) is 6.42 Å². The van der Waals surface area contributed by atoms with Crippen LogP contribution in [-0.4, -0.2) is 24.5 Å². The molecule has 0 spiro atoms. The second kappa shape index (κ2) is 4.79. The summed E-state index contributed by atoms with van der Waals surface area (Å²) in [6.07, 6.45) is 5.48. The van der Waals surface area contributed by atoms with E-state index in [4.69, 9.17) is 5.73 Å². The third-order valence-corrected chi connectivity index (χ3v) is 4.27. The molecule has 2 aliphatic rings. The molecule has 2 heteroatoms. The monoisotopic (exact) mass is 230 g/mol. The third kappa shape index (κ3) is 2.38. The standard InChI is InChI=1S/C15H22N2/c16-11-15-14-4-2-1-3-13(14)8-10-17(15)9-7-12-5-6-12/h1-4,12,15H,5-11,16H2. The topological polar surface area (TPSA) is 29.3 Å². The van der Waals surface area contributed by atoms with Crippen LogP contribution in [0, 0.1) is 5.92 Å². The highest BCUT2D eigenvalue weighted by Gasteiger charge is 2.28. The van der Waals surface area contributed by atoms with Crippen LogP contribution in [0.25, 0.3) is 0 Å². The Hall–Kier alpha value is -0.860. The minimum atomic E-state index is 0.457. The minimum absolute atomic E-state index is 0.457. The van der Waals surface area contributed by atoms with Crippen LogP contribution in [0.2, 0.25) is 0 Å². The molecule has 0 amide bonds. The lowest BCUT2D eigenvalue weighted by atomic mass is 9.92. The quantitative estimate of drug-likeness (QED) is 0.860. The Balaban J connectivity index is 1.73. The van der Waals surface area contributed by atoms with Crippen LogP contribution < -0.4 is 5.73 Å². The van der Waals surface area contributed by atoms with Crippen molar-refractivity contribution in [3.05, 3.63) is 35.4 Å². The van der Waals surface area contributed by atoms with Crippen LogP contribution in [0.4, 0.5) is 0 Å². The Kier molecular flexibility index (Phi) is 3.17. The number of nitrogens with two attached hydrogens (primary N) is 1. The van der Waals surface area contributed by atoms with E-state index >= 15 is 0 Å². The molecular formula is C15H22N2. The van der Waals surface area contributed by atoms with Gasteiger partial charge < -0.3 is 5.73 Å². The summed E-state index contributed by atoms with van der Waals surface area (Å²) in [4.78, 5) is 2.60. The molecule has 1 aromatic rings. The number of hydrogen-bond donors (Lipinski definition) is 1. The predicted octanol–water partition coefficient (Wildman–Crippen LogP) is 2.34. The molecule has 2 N–H and O–H groups in total. The van der Waals surface area contributed by atoms with Gasteiger partial charge in [-0.3, -0.25) is 4.90 Å². The number of nitrogens with zero attached hydrogens (tertiary/aromatic N) is 1. The highest BCUT2D eigenvalue weighted by Crippen LogP contribution is 2.35. The fourth-order valence-corrected chi connectivity index (χ4v) is 3.00. The van der Waals surface area contributed by atoms with Gasteiger partial charge in [-0.15, -0.1) is 0 Å². The molecule has 0 saturated heterocycles. The third-order valence-electron chi connectivity index (χ3n) is 4.27. The second-order valence-corrected chi connectivity index (χ2v) is 5.47. The summed E-state index contributed by atoms with van der Waals surface area (Å²) >= 11 is 0. The van der Waals surface area contributed by atoms with Crippen molar-refractivity contribution in [2.75, 3.05) is 19.6 Å². The van der Waals surface area contributed by atoms with E-state index in [1.807, 2.05) is 0 Å². The molecule has 1 atom stereocenters. The molecule has 0 bridgehead atoms. The number of benzene rings is 1. The van der Waals surface area contributed by atoms with Gasteiger partial charge in [0.15, 0.2) is 0 Å². The van der Waals surface area contributed by atoms with E-state index in [0.29, 0.717) is 6.04 Å². The van der Waals surface area contributed by atoms with Crippen molar-refractivity contribution in [3.63, 3.8) is 0 Å². The molecule has 0 radical (unpaired) electrons. The van der Waals surface area contributed by atoms with Crippen molar-refractivity contribution >= 4 is 0 Å². The van der Waals surface area contributed by atoms with Crippen LogP contribution in [0.5, 0.6) is 0 Å². The average Bonchev–Trinajstić information content (AvgIpc) is 3.19. The smallest absolute Gasteiger partial charge is 0.0473 e. The Morgan fingerprint density at radius 3 is 2.82 bits per heavy atom. The van der Waals surface area contributed by atoms with Crippen LogP contribution >= 0.6 is 0 Å². The molecule has 92 valence electrons. The zero-order chi connectivity index (χ0) is 11.7. The maximum atomic E-state index is 5.99. The first-order valence-electron chi connectivity index (χ1n) is 6.90. The maximum absolute atomic E-state index is 5.99. The highest BCUT2D eigenvalue weighted by molar-refractivity contribution is 5.32. The Morgan fingerprint density at radius 1 is 1.24 bits per heavy atom. The molecule has 3 rings (SSSR count). The highest BCUT2D eigenvalue weighted by atomic mass is 15.2. The van der Waals surface area contributed by atoms with E-state index in [2.05, 4.69) is 29.2 Å². The number of rotatable bonds is 4. The SMILES string of the molecule is NCC1c2ccccc2CCN1CCC1CC1. The molecule has 2 nitrogen and oxygen atoms in total. The number of hydrogen-bond acceptors (Lipinski definition) is 2. The first-order chi connectivity index (χ1) is 8.38. The fraction of sp³-hybridized carbons (Fsp3) is 0.600. The zero-order valence-electron chi connectivity index (χ0n) is 10.4. The minimum Gasteiger partial charge on any atom is -0.329 e. The number of fused-ring (bicyclic) bond motifs is 1. The average molecular weight is 230 g/mol. The Bertz CT molecular complexity index is 384. The summed E-state index contributed by atoms with van der Waals surface area (Å²) in [6.45, 7) is 3.17. The van der Waals surface area contributed by atoms with Gasteiger partial charge in [-0.1, -0.05) is 37.1 Å². The summed E-state index contributed by atoms with van der Waals surface area (Å²) in [5, 5.41) is 0. The largest absolute Gasteiger partial charge is 0.329 e. The maximum Gasteiger partial charge on any atom is 0.0473 e. The molecule has 0 aromatic heterocycles. The van der Waals surface area contributed by atoms with Crippen molar-refractivity contribution in [3.8, 4) is 0 Å². The first-order valence-corrected chi connectivity index (χ1v) is 6.90. The van der Waals surface area contributed by atoms with Gasteiger partial charge in [0.2, 0.25) is 0 Å². The van der Waals surface area contributed by atoms with Crippen molar-refractivity contribution in [1.29, 1.82) is 0 Å². The van der Waals surface area contributed by atoms with E-state index in [0.717, 1.165) is 12.5 Å². The molecule has 1 aromatic carbocycles. The van der Waals surface area contributed by atoms with Gasteiger partial charge in [-0.05, 0) is 36.4 Å². The molecule has 1 heterocycles. The van der Waals surface area contributed by atoms with Gasteiger partial charge in [0.05, 0.1) is 0 Å². The summed E-state index contributed by atoms with van der Waals surface area (Å²) in [5.41, 5.74) is 8.96. The molecule has 1 aliphatic carbocycles. The lowest BCUT2D eigenvalue weighted by Gasteiger charge is -2.36. The van der Waals surface area contributed by atoms with Gasteiger partial charge in [0.25, 0.3) is 0 Å². The van der Waals surface area contributed by atoms with Crippen molar-refractivity contribution < 1.29 is 0 Å². The van der Waals surface area contributed by atoms with Crippen molar-refractivity contribution in [2.45, 2.75) is 31.7 Å². The van der Waals surface area contributed by atoms with E-state index in [9.17, 15) is 0 Å². The predicted molar refractivity (Wildman–Crippen MR) is 70.9 cm³/mol. The van der Waals surface area contributed by atoms with Crippen LogP contribution in [0.1, 0.15) is 36.4 Å².